The Hall–Kier alpha value is -3.54. The van der Waals surface area contributed by atoms with Crippen molar-refractivity contribution in [3.63, 3.8) is 0 Å². The van der Waals surface area contributed by atoms with E-state index in [1.165, 1.54) is 0 Å². The Bertz CT molecular complexity index is 1210. The number of allylic oxidation sites excluding steroid dienone is 6. The molecule has 0 radical (unpaired) electrons. The number of benzene rings is 1. The molecule has 37 heavy (non-hydrogen) atoms. The molecule has 6 heteroatoms. The van der Waals surface area contributed by atoms with E-state index in [2.05, 4.69) is 61.1 Å². The Labute approximate surface area is 219 Å². The number of carbonyl (C=O) groups is 2. The molecule has 1 aromatic carbocycles. The van der Waals surface area contributed by atoms with Gasteiger partial charge < -0.3 is 10.0 Å². The molecule has 1 N–H and O–H groups in total. The average Bonchev–Trinajstić information content (AvgIpc) is 3.19. The maximum absolute atomic E-state index is 13.1. The molecule has 1 fully saturated rings. The van der Waals surface area contributed by atoms with E-state index in [-0.39, 0.29) is 17.2 Å². The summed E-state index contributed by atoms with van der Waals surface area (Å²) in [6.45, 7) is 9.25. The second-order valence-corrected chi connectivity index (χ2v) is 11.2. The van der Waals surface area contributed by atoms with Gasteiger partial charge in [0, 0.05) is 47.9 Å². The molecule has 2 aromatic rings. The number of amides is 1. The van der Waals surface area contributed by atoms with Crippen molar-refractivity contribution >= 4 is 17.4 Å². The fourth-order valence-corrected chi connectivity index (χ4v) is 4.97. The van der Waals surface area contributed by atoms with Crippen LogP contribution in [0.5, 0.6) is 0 Å². The van der Waals surface area contributed by atoms with Gasteiger partial charge in [-0.05, 0) is 36.3 Å². The molecule has 1 aliphatic heterocycles. The van der Waals surface area contributed by atoms with Gasteiger partial charge in [0.05, 0.1) is 5.92 Å². The molecule has 0 spiro atoms. The van der Waals surface area contributed by atoms with Crippen LogP contribution in [0.25, 0.3) is 17.0 Å². The van der Waals surface area contributed by atoms with Crippen LogP contribution in [0.3, 0.4) is 0 Å². The summed E-state index contributed by atoms with van der Waals surface area (Å²) < 4.78 is 0. The number of carbonyl (C=O) groups excluding carboxylic acids is 1. The molecule has 1 saturated heterocycles. The molecular formula is C31H37N3O3. The van der Waals surface area contributed by atoms with Crippen LogP contribution in [0, 0.1) is 23.2 Å². The van der Waals surface area contributed by atoms with Crippen LogP contribution in [0.15, 0.2) is 67.0 Å². The predicted molar refractivity (Wildman–Crippen MR) is 146 cm³/mol. The van der Waals surface area contributed by atoms with E-state index in [1.54, 1.807) is 4.90 Å². The highest BCUT2D eigenvalue weighted by molar-refractivity contribution is 5.80. The average molecular weight is 500 g/mol. The third kappa shape index (κ3) is 6.82. The van der Waals surface area contributed by atoms with Crippen LogP contribution in [0.4, 0.5) is 0 Å². The summed E-state index contributed by atoms with van der Waals surface area (Å²) in [7, 11) is 0. The van der Waals surface area contributed by atoms with Crippen LogP contribution in [-0.4, -0.2) is 44.9 Å². The molecule has 0 saturated carbocycles. The van der Waals surface area contributed by atoms with E-state index in [4.69, 9.17) is 0 Å². The zero-order valence-electron chi connectivity index (χ0n) is 22.2. The SMILES string of the molecule is CC1CCN(C(=O)C(C)Cc2ccc(-c3ncc(C4=CC=CC(C)(C)C=C4)cn3)cc2)CC(C(=O)O)C1. The lowest BCUT2D eigenvalue weighted by molar-refractivity contribution is -0.144. The molecule has 3 unspecified atom stereocenters. The van der Waals surface area contributed by atoms with E-state index < -0.39 is 11.9 Å². The van der Waals surface area contributed by atoms with Gasteiger partial charge in [-0.1, -0.05) is 82.3 Å². The minimum absolute atomic E-state index is 0.0233. The number of carboxylic acid groups (broad SMARTS) is 1. The Kier molecular flexibility index (Phi) is 8.06. The van der Waals surface area contributed by atoms with Crippen LogP contribution >= 0.6 is 0 Å². The van der Waals surface area contributed by atoms with E-state index in [1.807, 2.05) is 43.6 Å². The predicted octanol–water partition coefficient (Wildman–Crippen LogP) is 5.82. The van der Waals surface area contributed by atoms with Gasteiger partial charge in [-0.25, -0.2) is 9.97 Å². The number of rotatable bonds is 6. The normalized spacial score (nSPS) is 22.1. The quantitative estimate of drug-likeness (QED) is 0.542. The number of likely N-dealkylation sites (tertiary alicyclic amines) is 1. The minimum atomic E-state index is -0.812. The minimum Gasteiger partial charge on any atom is -0.481 e. The first-order chi connectivity index (χ1) is 17.6. The molecular weight excluding hydrogens is 462 g/mol. The van der Waals surface area contributed by atoms with Gasteiger partial charge in [0.25, 0.3) is 0 Å². The van der Waals surface area contributed by atoms with E-state index in [0.29, 0.717) is 37.7 Å². The van der Waals surface area contributed by atoms with Crippen molar-refractivity contribution in [2.75, 3.05) is 13.1 Å². The van der Waals surface area contributed by atoms with Gasteiger partial charge in [-0.15, -0.1) is 0 Å². The monoisotopic (exact) mass is 499 g/mol. The summed E-state index contributed by atoms with van der Waals surface area (Å²) in [5.74, 6) is -0.521. The molecule has 4 rings (SSSR count). The van der Waals surface area contributed by atoms with Crippen LogP contribution < -0.4 is 0 Å². The summed E-state index contributed by atoms with van der Waals surface area (Å²) in [6.07, 6.45) is 16.4. The highest BCUT2D eigenvalue weighted by atomic mass is 16.4. The molecule has 1 amide bonds. The molecule has 1 aromatic heterocycles. The lowest BCUT2D eigenvalue weighted by atomic mass is 9.93. The molecule has 3 atom stereocenters. The van der Waals surface area contributed by atoms with Crippen molar-refractivity contribution in [2.24, 2.45) is 23.2 Å². The second-order valence-electron chi connectivity index (χ2n) is 11.2. The smallest absolute Gasteiger partial charge is 0.308 e. The number of aromatic nitrogens is 2. The summed E-state index contributed by atoms with van der Waals surface area (Å²) in [4.78, 5) is 35.7. The summed E-state index contributed by atoms with van der Waals surface area (Å²) in [5.41, 5.74) is 4.05. The van der Waals surface area contributed by atoms with Crippen LogP contribution in [0.1, 0.15) is 51.7 Å². The molecule has 2 heterocycles. The fourth-order valence-electron chi connectivity index (χ4n) is 4.97. The van der Waals surface area contributed by atoms with Crippen molar-refractivity contribution in [1.82, 2.24) is 14.9 Å². The molecule has 0 bridgehead atoms. The Balaban J connectivity index is 1.39. The summed E-state index contributed by atoms with van der Waals surface area (Å²) in [5, 5.41) is 9.53. The molecule has 6 nitrogen and oxygen atoms in total. The van der Waals surface area contributed by atoms with Crippen molar-refractivity contribution in [3.05, 3.63) is 78.2 Å². The Morgan fingerprint density at radius 3 is 2.49 bits per heavy atom. The Morgan fingerprint density at radius 1 is 1.11 bits per heavy atom. The molecule has 2 aliphatic rings. The maximum atomic E-state index is 13.1. The Morgan fingerprint density at radius 2 is 1.81 bits per heavy atom. The van der Waals surface area contributed by atoms with E-state index in [9.17, 15) is 14.7 Å². The maximum Gasteiger partial charge on any atom is 0.308 e. The summed E-state index contributed by atoms with van der Waals surface area (Å²) in [6, 6.07) is 8.02. The highest BCUT2D eigenvalue weighted by Gasteiger charge is 2.31. The molecule has 1 aliphatic carbocycles. The van der Waals surface area contributed by atoms with E-state index >= 15 is 0 Å². The first kappa shape index (κ1) is 26.5. The third-order valence-corrected chi connectivity index (χ3v) is 7.34. The van der Waals surface area contributed by atoms with Crippen molar-refractivity contribution in [2.45, 2.75) is 47.0 Å². The van der Waals surface area contributed by atoms with Gasteiger partial charge >= 0.3 is 5.97 Å². The van der Waals surface area contributed by atoms with Gasteiger partial charge in [0.1, 0.15) is 0 Å². The third-order valence-electron chi connectivity index (χ3n) is 7.34. The summed E-state index contributed by atoms with van der Waals surface area (Å²) >= 11 is 0. The van der Waals surface area contributed by atoms with Gasteiger partial charge in [-0.2, -0.15) is 0 Å². The number of hydrogen-bond acceptors (Lipinski definition) is 4. The molecule has 194 valence electrons. The first-order valence-corrected chi connectivity index (χ1v) is 13.1. The lowest BCUT2D eigenvalue weighted by Crippen LogP contribution is -2.40. The standard InChI is InChI=1S/C31H37N3O3/c1-21-12-15-34(20-26(16-21)30(36)37)29(35)22(2)17-23-7-9-25(10-8-23)28-32-18-27(19-33-28)24-6-5-13-31(3,4)14-11-24/h5-11,13-14,18-19,21-22,26H,12,15-17,20H2,1-4H3,(H,36,37). The number of carboxylic acids is 1. The first-order valence-electron chi connectivity index (χ1n) is 13.1. The van der Waals surface area contributed by atoms with Gasteiger partial charge in [-0.3, -0.25) is 9.59 Å². The zero-order valence-corrected chi connectivity index (χ0v) is 22.2. The largest absolute Gasteiger partial charge is 0.481 e. The number of nitrogens with zero attached hydrogens (tertiary/aromatic N) is 3. The van der Waals surface area contributed by atoms with Crippen molar-refractivity contribution in [1.29, 1.82) is 0 Å². The van der Waals surface area contributed by atoms with Gasteiger partial charge in [0.2, 0.25) is 5.91 Å². The van der Waals surface area contributed by atoms with Crippen molar-refractivity contribution in [3.8, 4) is 11.4 Å². The number of aliphatic carboxylic acids is 1. The van der Waals surface area contributed by atoms with Crippen molar-refractivity contribution < 1.29 is 14.7 Å². The van der Waals surface area contributed by atoms with E-state index in [0.717, 1.165) is 28.7 Å². The zero-order chi connectivity index (χ0) is 26.6. The topological polar surface area (TPSA) is 83.4 Å². The van der Waals surface area contributed by atoms with Gasteiger partial charge in [0.15, 0.2) is 5.82 Å². The second kappa shape index (κ2) is 11.2. The lowest BCUT2D eigenvalue weighted by Gasteiger charge is -2.26. The van der Waals surface area contributed by atoms with Crippen LogP contribution in [0.2, 0.25) is 0 Å². The highest BCUT2D eigenvalue weighted by Crippen LogP contribution is 2.27. The van der Waals surface area contributed by atoms with Crippen LogP contribution in [-0.2, 0) is 16.0 Å². The fraction of sp³-hybridized carbons (Fsp3) is 0.419. The number of hydrogen-bond donors (Lipinski definition) is 1.